The third kappa shape index (κ3) is 4.24. The van der Waals surface area contributed by atoms with Gasteiger partial charge in [-0.3, -0.25) is 9.69 Å². The smallest absolute Gasteiger partial charge is 0.333 e. The molecule has 1 fully saturated rings. The Morgan fingerprint density at radius 3 is 2.92 bits per heavy atom. The predicted octanol–water partition coefficient (Wildman–Crippen LogP) is 3.47. The number of carbonyl (C=O) groups excluding carboxylic acids is 2. The van der Waals surface area contributed by atoms with Gasteiger partial charge < -0.3 is 9.26 Å². The molecule has 0 spiro atoms. The summed E-state index contributed by atoms with van der Waals surface area (Å²) in [5.41, 5.74) is 1.52. The van der Waals surface area contributed by atoms with Crippen LogP contribution < -0.4 is 0 Å². The highest BCUT2D eigenvalue weighted by molar-refractivity contribution is 8.04. The van der Waals surface area contributed by atoms with Crippen LogP contribution in [0.5, 0.6) is 0 Å². The summed E-state index contributed by atoms with van der Waals surface area (Å²) in [7, 11) is 0. The quantitative estimate of drug-likeness (QED) is 0.586. The molecule has 25 heavy (non-hydrogen) atoms. The summed E-state index contributed by atoms with van der Waals surface area (Å²) >= 11 is 7.18. The number of aromatic nitrogens is 1. The van der Waals surface area contributed by atoms with E-state index in [-0.39, 0.29) is 24.8 Å². The fourth-order valence-corrected chi connectivity index (χ4v) is 3.34. The van der Waals surface area contributed by atoms with Gasteiger partial charge in [-0.2, -0.15) is 0 Å². The van der Waals surface area contributed by atoms with E-state index in [0.29, 0.717) is 21.5 Å². The Labute approximate surface area is 153 Å². The Bertz CT molecular complexity index is 816. The Morgan fingerprint density at radius 1 is 1.44 bits per heavy atom. The van der Waals surface area contributed by atoms with Crippen molar-refractivity contribution >= 4 is 35.2 Å². The summed E-state index contributed by atoms with van der Waals surface area (Å²) in [4.78, 5) is 25.2. The predicted molar refractivity (Wildman–Crippen MR) is 94.7 cm³/mol. The molecule has 0 bridgehead atoms. The fraction of sp³-hybridized carbons (Fsp3) is 0.235. The summed E-state index contributed by atoms with van der Waals surface area (Å²) in [5, 5.41) is 5.21. The lowest BCUT2D eigenvalue weighted by molar-refractivity contribution is -0.137. The van der Waals surface area contributed by atoms with Gasteiger partial charge in [0.05, 0.1) is 30.0 Å². The van der Waals surface area contributed by atoms with E-state index < -0.39 is 5.97 Å². The summed E-state index contributed by atoms with van der Waals surface area (Å²) in [6.07, 6.45) is 1.33. The van der Waals surface area contributed by atoms with E-state index in [0.717, 1.165) is 5.56 Å². The molecule has 0 aliphatic carbocycles. The second-order valence-corrected chi connectivity index (χ2v) is 6.62. The Hall–Kier alpha value is -2.25. The normalized spacial score (nSPS) is 15.8. The Kier molecular flexibility index (Phi) is 5.45. The van der Waals surface area contributed by atoms with Gasteiger partial charge in [0.1, 0.15) is 5.69 Å². The van der Waals surface area contributed by atoms with E-state index in [1.807, 2.05) is 12.1 Å². The van der Waals surface area contributed by atoms with E-state index >= 15 is 0 Å². The number of ether oxygens (including phenoxy) is 1. The van der Waals surface area contributed by atoms with Crippen LogP contribution >= 0.6 is 23.4 Å². The van der Waals surface area contributed by atoms with Crippen molar-refractivity contribution in [1.29, 1.82) is 0 Å². The Balaban J connectivity index is 1.75. The molecule has 0 atom stereocenters. The van der Waals surface area contributed by atoms with Crippen molar-refractivity contribution in [1.82, 2.24) is 10.1 Å². The van der Waals surface area contributed by atoms with Crippen LogP contribution in [0.1, 0.15) is 12.7 Å². The molecule has 0 saturated carbocycles. The zero-order chi connectivity index (χ0) is 17.8. The van der Waals surface area contributed by atoms with Gasteiger partial charge in [-0.25, -0.2) is 4.79 Å². The maximum atomic E-state index is 12.1. The molecular formula is C17H15ClN2O4S. The van der Waals surface area contributed by atoms with Crippen LogP contribution in [0.3, 0.4) is 0 Å². The van der Waals surface area contributed by atoms with Crippen molar-refractivity contribution in [2.24, 2.45) is 0 Å². The van der Waals surface area contributed by atoms with Crippen molar-refractivity contribution in [2.45, 2.75) is 13.5 Å². The van der Waals surface area contributed by atoms with E-state index in [1.54, 1.807) is 25.1 Å². The van der Waals surface area contributed by atoms with Crippen molar-refractivity contribution < 1.29 is 18.8 Å². The van der Waals surface area contributed by atoms with Gasteiger partial charge in [0.25, 0.3) is 0 Å². The molecule has 1 aliphatic heterocycles. The Morgan fingerprint density at radius 2 is 2.20 bits per heavy atom. The van der Waals surface area contributed by atoms with Crippen LogP contribution in [0, 0.1) is 0 Å². The number of carbonyl (C=O) groups is 2. The molecule has 6 nitrogen and oxygen atoms in total. The van der Waals surface area contributed by atoms with Gasteiger partial charge in [-0.1, -0.05) is 40.7 Å². The number of hydrogen-bond donors (Lipinski definition) is 0. The molecule has 2 aromatic rings. The summed E-state index contributed by atoms with van der Waals surface area (Å²) in [6, 6.07) is 8.99. The lowest BCUT2D eigenvalue weighted by atomic mass is 10.1. The van der Waals surface area contributed by atoms with E-state index in [9.17, 15) is 9.59 Å². The highest BCUT2D eigenvalue weighted by atomic mass is 35.5. The van der Waals surface area contributed by atoms with E-state index in [2.05, 4.69) is 5.16 Å². The van der Waals surface area contributed by atoms with Crippen LogP contribution in [-0.4, -0.2) is 34.3 Å². The van der Waals surface area contributed by atoms with Crippen molar-refractivity contribution in [3.05, 3.63) is 52.2 Å². The number of nitrogens with zero attached hydrogens (tertiary/aromatic N) is 2. The standard InChI is InChI=1S/C17H15ClN2O4S/c1-2-23-17(22)8-16-20(15(21)10-25-16)9-13-7-14(19-24-13)11-3-5-12(18)6-4-11/h3-8H,2,9-10H2,1H3/b16-8-. The molecule has 1 amide bonds. The van der Waals surface area contributed by atoms with Gasteiger partial charge in [-0.05, 0) is 19.1 Å². The van der Waals surface area contributed by atoms with Gasteiger partial charge in [0.2, 0.25) is 5.91 Å². The number of amides is 1. The van der Waals surface area contributed by atoms with Crippen LogP contribution in [-0.2, 0) is 20.9 Å². The molecule has 3 rings (SSSR count). The zero-order valence-electron chi connectivity index (χ0n) is 13.4. The first-order valence-corrected chi connectivity index (χ1v) is 8.96. The number of esters is 1. The fourth-order valence-electron chi connectivity index (χ4n) is 2.28. The van der Waals surface area contributed by atoms with Gasteiger partial charge >= 0.3 is 5.97 Å². The lowest BCUT2D eigenvalue weighted by Crippen LogP contribution is -2.24. The zero-order valence-corrected chi connectivity index (χ0v) is 15.0. The third-order valence-corrected chi connectivity index (χ3v) is 4.73. The van der Waals surface area contributed by atoms with Gasteiger partial charge in [0, 0.05) is 16.7 Å². The third-order valence-electron chi connectivity index (χ3n) is 3.45. The van der Waals surface area contributed by atoms with Crippen LogP contribution in [0.4, 0.5) is 0 Å². The number of thioether (sulfide) groups is 1. The molecule has 1 aromatic carbocycles. The molecular weight excluding hydrogens is 364 g/mol. The van der Waals surface area contributed by atoms with Crippen molar-refractivity contribution in [2.75, 3.05) is 12.4 Å². The van der Waals surface area contributed by atoms with E-state index in [1.165, 1.54) is 22.7 Å². The lowest BCUT2D eigenvalue weighted by Gasteiger charge is -2.14. The molecule has 1 aromatic heterocycles. The van der Waals surface area contributed by atoms with Crippen LogP contribution in [0.15, 0.2) is 46.0 Å². The molecule has 1 aliphatic rings. The highest BCUT2D eigenvalue weighted by Gasteiger charge is 2.28. The van der Waals surface area contributed by atoms with Crippen LogP contribution in [0.2, 0.25) is 5.02 Å². The first-order chi connectivity index (χ1) is 12.1. The molecule has 130 valence electrons. The summed E-state index contributed by atoms with van der Waals surface area (Å²) < 4.78 is 10.2. The number of rotatable bonds is 5. The maximum Gasteiger partial charge on any atom is 0.333 e. The highest BCUT2D eigenvalue weighted by Crippen LogP contribution is 2.31. The van der Waals surface area contributed by atoms with Gasteiger partial charge in [-0.15, -0.1) is 0 Å². The second-order valence-electron chi connectivity index (χ2n) is 5.19. The largest absolute Gasteiger partial charge is 0.463 e. The molecule has 1 saturated heterocycles. The molecule has 8 heteroatoms. The summed E-state index contributed by atoms with van der Waals surface area (Å²) in [6.45, 7) is 2.22. The average molecular weight is 379 g/mol. The maximum absolute atomic E-state index is 12.1. The molecule has 0 radical (unpaired) electrons. The van der Waals surface area contributed by atoms with Crippen LogP contribution in [0.25, 0.3) is 11.3 Å². The van der Waals surface area contributed by atoms with Crippen molar-refractivity contribution in [3.8, 4) is 11.3 Å². The molecule has 0 N–H and O–H groups in total. The number of halogens is 1. The minimum Gasteiger partial charge on any atom is -0.463 e. The van der Waals surface area contributed by atoms with Crippen molar-refractivity contribution in [3.63, 3.8) is 0 Å². The monoisotopic (exact) mass is 378 g/mol. The second kappa shape index (κ2) is 7.76. The average Bonchev–Trinajstić information content (AvgIpc) is 3.18. The topological polar surface area (TPSA) is 72.6 Å². The molecule has 2 heterocycles. The number of hydrogen-bond acceptors (Lipinski definition) is 6. The molecule has 0 unspecified atom stereocenters. The first-order valence-electron chi connectivity index (χ1n) is 7.60. The van der Waals surface area contributed by atoms with E-state index in [4.69, 9.17) is 20.9 Å². The summed E-state index contributed by atoms with van der Waals surface area (Å²) in [5.74, 6) is 0.244. The minimum atomic E-state index is -0.468. The minimum absolute atomic E-state index is 0.0926. The SMILES string of the molecule is CCOC(=O)/C=C1\SCC(=O)N1Cc1cc(-c2ccc(Cl)cc2)no1. The first kappa shape index (κ1) is 17.6. The van der Waals surface area contributed by atoms with Gasteiger partial charge in [0.15, 0.2) is 5.76 Å². The number of benzene rings is 1.